The lowest BCUT2D eigenvalue weighted by Gasteiger charge is -2.69. The summed E-state index contributed by atoms with van der Waals surface area (Å²) in [6.07, 6.45) is 14.0. The standard InChI is InChI=1S/C30H48O2/c1-20(19-31)9-8-10-21(2)22-13-17-29(6)23(22)11-12-25-28(5)16-15-26(32)27(3,4)24(28)14-18-30(25,29)7/h9,22-25,31H,2,8,10-19H2,1,3-7H3/b20-9+/t22-,23-,24+,25-,28+,29-,30-/m1/s1. The Balaban J connectivity index is 1.57. The maximum atomic E-state index is 12.8. The molecule has 2 nitrogen and oxygen atoms in total. The Kier molecular flexibility index (Phi) is 6.14. The largest absolute Gasteiger partial charge is 0.392 e. The molecule has 4 fully saturated rings. The first-order valence-electron chi connectivity index (χ1n) is 13.4. The van der Waals surface area contributed by atoms with Crippen LogP contribution in [0.2, 0.25) is 0 Å². The van der Waals surface area contributed by atoms with Gasteiger partial charge in [-0.2, -0.15) is 0 Å². The van der Waals surface area contributed by atoms with Crippen LogP contribution in [0, 0.1) is 45.3 Å². The zero-order chi connectivity index (χ0) is 23.5. The summed E-state index contributed by atoms with van der Waals surface area (Å²) in [7, 11) is 0. The summed E-state index contributed by atoms with van der Waals surface area (Å²) >= 11 is 0. The van der Waals surface area contributed by atoms with E-state index in [1.807, 2.05) is 6.92 Å². The summed E-state index contributed by atoms with van der Waals surface area (Å²) in [5, 5.41) is 9.28. The van der Waals surface area contributed by atoms with Crippen molar-refractivity contribution in [1.82, 2.24) is 0 Å². The zero-order valence-electron chi connectivity index (χ0n) is 21.7. The Morgan fingerprint density at radius 2 is 1.69 bits per heavy atom. The van der Waals surface area contributed by atoms with Crippen molar-refractivity contribution in [3.63, 3.8) is 0 Å². The van der Waals surface area contributed by atoms with Crippen molar-refractivity contribution in [2.24, 2.45) is 45.3 Å². The molecular formula is C30H48O2. The van der Waals surface area contributed by atoms with Crippen LogP contribution in [-0.4, -0.2) is 17.5 Å². The molecule has 4 rings (SSSR count). The van der Waals surface area contributed by atoms with Crippen LogP contribution in [0.3, 0.4) is 0 Å². The second-order valence-electron chi connectivity index (χ2n) is 13.4. The fourth-order valence-corrected chi connectivity index (χ4v) is 9.79. The Morgan fingerprint density at radius 1 is 1.00 bits per heavy atom. The van der Waals surface area contributed by atoms with E-state index in [9.17, 15) is 9.90 Å². The number of rotatable bonds is 5. The number of hydrogen-bond donors (Lipinski definition) is 1. The van der Waals surface area contributed by atoms with Crippen molar-refractivity contribution in [2.45, 2.75) is 106 Å². The van der Waals surface area contributed by atoms with Crippen LogP contribution in [0.15, 0.2) is 23.8 Å². The van der Waals surface area contributed by atoms with E-state index in [-0.39, 0.29) is 12.0 Å². The lowest BCUT2D eigenvalue weighted by atomic mass is 9.35. The van der Waals surface area contributed by atoms with Gasteiger partial charge in [0.25, 0.3) is 0 Å². The summed E-state index contributed by atoms with van der Waals surface area (Å²) in [5.41, 5.74) is 3.44. The molecule has 4 saturated carbocycles. The quantitative estimate of drug-likeness (QED) is 0.449. The molecule has 180 valence electrons. The van der Waals surface area contributed by atoms with E-state index in [1.165, 1.54) is 44.1 Å². The maximum absolute atomic E-state index is 12.8. The number of ketones is 1. The van der Waals surface area contributed by atoms with Gasteiger partial charge >= 0.3 is 0 Å². The molecule has 2 heteroatoms. The fraction of sp³-hybridized carbons (Fsp3) is 0.833. The number of carbonyl (C=O) groups is 1. The van der Waals surface area contributed by atoms with E-state index in [4.69, 9.17) is 0 Å². The average Bonchev–Trinajstić information content (AvgIpc) is 3.09. The van der Waals surface area contributed by atoms with Crippen molar-refractivity contribution < 1.29 is 9.90 Å². The molecule has 4 aliphatic carbocycles. The molecule has 0 saturated heterocycles. The Hall–Kier alpha value is -0.890. The monoisotopic (exact) mass is 440 g/mol. The highest BCUT2D eigenvalue weighted by molar-refractivity contribution is 5.85. The van der Waals surface area contributed by atoms with Crippen molar-refractivity contribution >= 4 is 5.78 Å². The molecule has 4 aliphatic rings. The van der Waals surface area contributed by atoms with Crippen LogP contribution in [0.5, 0.6) is 0 Å². The van der Waals surface area contributed by atoms with Gasteiger partial charge in [-0.3, -0.25) is 4.79 Å². The highest BCUT2D eigenvalue weighted by Crippen LogP contribution is 2.75. The van der Waals surface area contributed by atoms with Crippen LogP contribution in [0.4, 0.5) is 0 Å². The van der Waals surface area contributed by atoms with Gasteiger partial charge in [0.05, 0.1) is 6.61 Å². The SMILES string of the molecule is C=C(CC/C=C(\C)CO)[C@H]1CC[C@]2(C)[C@@H]1CC[C@@H]1[C@@]3(C)CCC(=O)C(C)(C)[C@@H]3CC[C@]12C. The second-order valence-corrected chi connectivity index (χ2v) is 13.4. The van der Waals surface area contributed by atoms with Crippen molar-refractivity contribution in [2.75, 3.05) is 6.61 Å². The molecule has 0 radical (unpaired) electrons. The van der Waals surface area contributed by atoms with Crippen LogP contribution in [0.1, 0.15) is 106 Å². The molecule has 0 heterocycles. The van der Waals surface area contributed by atoms with E-state index < -0.39 is 0 Å². The first-order chi connectivity index (χ1) is 14.9. The van der Waals surface area contributed by atoms with Crippen LogP contribution in [0.25, 0.3) is 0 Å². The van der Waals surface area contributed by atoms with Crippen LogP contribution < -0.4 is 0 Å². The second kappa shape index (κ2) is 8.10. The smallest absolute Gasteiger partial charge is 0.138 e. The number of carbonyl (C=O) groups excluding carboxylic acids is 1. The first kappa shape index (κ1) is 24.2. The minimum atomic E-state index is -0.154. The van der Waals surface area contributed by atoms with Crippen LogP contribution in [-0.2, 0) is 4.79 Å². The van der Waals surface area contributed by atoms with E-state index in [0.29, 0.717) is 33.9 Å². The van der Waals surface area contributed by atoms with Gasteiger partial charge in [0.2, 0.25) is 0 Å². The third-order valence-electron chi connectivity index (χ3n) is 11.9. The van der Waals surface area contributed by atoms with Gasteiger partial charge in [-0.1, -0.05) is 58.4 Å². The molecule has 0 aromatic rings. The predicted octanol–water partition coefficient (Wildman–Crippen LogP) is 7.52. The van der Waals surface area contributed by atoms with Gasteiger partial charge in [-0.05, 0) is 105 Å². The molecule has 7 atom stereocenters. The van der Waals surface area contributed by atoms with Crippen molar-refractivity contribution in [3.8, 4) is 0 Å². The lowest BCUT2D eigenvalue weighted by molar-refractivity contribution is -0.201. The van der Waals surface area contributed by atoms with Gasteiger partial charge in [0, 0.05) is 11.8 Å². The third-order valence-corrected chi connectivity index (χ3v) is 11.9. The normalized spacial score (nSPS) is 45.7. The zero-order valence-corrected chi connectivity index (χ0v) is 21.7. The van der Waals surface area contributed by atoms with Crippen molar-refractivity contribution in [1.29, 1.82) is 0 Å². The molecule has 0 amide bonds. The van der Waals surface area contributed by atoms with Gasteiger partial charge in [0.15, 0.2) is 0 Å². The number of allylic oxidation sites excluding steroid dienone is 2. The van der Waals surface area contributed by atoms with E-state index in [2.05, 4.69) is 47.3 Å². The summed E-state index contributed by atoms with van der Waals surface area (Å²) in [4.78, 5) is 12.8. The summed E-state index contributed by atoms with van der Waals surface area (Å²) in [5.74, 6) is 3.21. The Bertz CT molecular complexity index is 806. The highest BCUT2D eigenvalue weighted by Gasteiger charge is 2.68. The molecule has 0 aliphatic heterocycles. The molecule has 0 aromatic heterocycles. The Labute approximate surface area is 197 Å². The number of fused-ring (bicyclic) bond motifs is 5. The molecule has 0 spiro atoms. The van der Waals surface area contributed by atoms with Crippen molar-refractivity contribution in [3.05, 3.63) is 23.8 Å². The topological polar surface area (TPSA) is 37.3 Å². The van der Waals surface area contributed by atoms with Gasteiger partial charge < -0.3 is 5.11 Å². The number of aliphatic hydroxyl groups excluding tert-OH is 1. The summed E-state index contributed by atoms with van der Waals surface area (Å²) in [6.45, 7) is 19.1. The highest BCUT2D eigenvalue weighted by atomic mass is 16.3. The Morgan fingerprint density at radius 3 is 2.38 bits per heavy atom. The lowest BCUT2D eigenvalue weighted by Crippen LogP contribution is -2.63. The average molecular weight is 441 g/mol. The number of Topliss-reactive ketones (excluding diaryl/α,β-unsaturated/α-hetero) is 1. The minimum Gasteiger partial charge on any atom is -0.392 e. The molecular weight excluding hydrogens is 392 g/mol. The van der Waals surface area contributed by atoms with Gasteiger partial charge in [-0.15, -0.1) is 0 Å². The summed E-state index contributed by atoms with van der Waals surface area (Å²) in [6, 6.07) is 0. The van der Waals surface area contributed by atoms with Crippen LogP contribution >= 0.6 is 0 Å². The third kappa shape index (κ3) is 3.33. The number of aliphatic hydroxyl groups is 1. The van der Waals surface area contributed by atoms with Gasteiger partial charge in [0.1, 0.15) is 5.78 Å². The molecule has 0 bridgehead atoms. The molecule has 1 N–H and O–H groups in total. The predicted molar refractivity (Wildman–Crippen MR) is 133 cm³/mol. The molecule has 0 unspecified atom stereocenters. The van der Waals surface area contributed by atoms with E-state index >= 15 is 0 Å². The summed E-state index contributed by atoms with van der Waals surface area (Å²) < 4.78 is 0. The molecule has 32 heavy (non-hydrogen) atoms. The molecule has 0 aromatic carbocycles. The fourth-order valence-electron chi connectivity index (χ4n) is 9.79. The first-order valence-corrected chi connectivity index (χ1v) is 13.4. The maximum Gasteiger partial charge on any atom is 0.138 e. The van der Waals surface area contributed by atoms with Gasteiger partial charge in [-0.25, -0.2) is 0 Å². The van der Waals surface area contributed by atoms with E-state index in [1.54, 1.807) is 0 Å². The minimum absolute atomic E-state index is 0.154. The number of hydrogen-bond acceptors (Lipinski definition) is 2. The van der Waals surface area contributed by atoms with E-state index in [0.717, 1.165) is 43.1 Å².